The van der Waals surface area contributed by atoms with Gasteiger partial charge >= 0.3 is 5.97 Å². The molecule has 1 aromatic rings. The lowest BCUT2D eigenvalue weighted by Gasteiger charge is -2.30. The molecule has 2 rings (SSSR count). The number of rotatable bonds is 5. The molecule has 0 aromatic heterocycles. The van der Waals surface area contributed by atoms with Crippen LogP contribution in [0.2, 0.25) is 0 Å². The van der Waals surface area contributed by atoms with E-state index < -0.39 is 11.9 Å². The highest BCUT2D eigenvalue weighted by Crippen LogP contribution is 2.19. The maximum absolute atomic E-state index is 12.1. The summed E-state index contributed by atoms with van der Waals surface area (Å²) in [6.07, 6.45) is 1.46. The van der Waals surface area contributed by atoms with Gasteiger partial charge in [0, 0.05) is 18.8 Å². The van der Waals surface area contributed by atoms with E-state index in [2.05, 4.69) is 31.2 Å². The van der Waals surface area contributed by atoms with Crippen LogP contribution in [-0.2, 0) is 15.3 Å². The van der Waals surface area contributed by atoms with Crippen LogP contribution >= 0.6 is 11.8 Å². The predicted octanol–water partition coefficient (Wildman–Crippen LogP) is 2.55. The van der Waals surface area contributed by atoms with Crippen molar-refractivity contribution in [1.29, 1.82) is 0 Å². The first-order chi connectivity index (χ1) is 10.1. The zero-order valence-corrected chi connectivity index (χ0v) is 13.1. The number of aliphatic carboxylic acids is 1. The second-order valence-electron chi connectivity index (χ2n) is 5.50. The Morgan fingerprint density at radius 2 is 2.05 bits per heavy atom. The van der Waals surface area contributed by atoms with Gasteiger partial charge < -0.3 is 10.0 Å². The van der Waals surface area contributed by atoms with Gasteiger partial charge in [-0.05, 0) is 25.3 Å². The molecule has 4 nitrogen and oxygen atoms in total. The van der Waals surface area contributed by atoms with Crippen LogP contribution in [-0.4, -0.2) is 40.7 Å². The molecule has 5 heteroatoms. The summed E-state index contributed by atoms with van der Waals surface area (Å²) >= 11 is 1.58. The Bertz CT molecular complexity index is 501. The van der Waals surface area contributed by atoms with Crippen LogP contribution < -0.4 is 0 Å². The fourth-order valence-corrected chi connectivity index (χ4v) is 3.32. The first kappa shape index (κ1) is 15.9. The van der Waals surface area contributed by atoms with Crippen molar-refractivity contribution in [2.24, 2.45) is 5.92 Å². The van der Waals surface area contributed by atoms with E-state index in [9.17, 15) is 9.59 Å². The molecule has 1 unspecified atom stereocenters. The molecule has 1 aliphatic heterocycles. The smallest absolute Gasteiger partial charge is 0.308 e. The summed E-state index contributed by atoms with van der Waals surface area (Å²) < 4.78 is 0. The zero-order chi connectivity index (χ0) is 15.2. The van der Waals surface area contributed by atoms with E-state index in [1.165, 1.54) is 11.1 Å². The Morgan fingerprint density at radius 1 is 1.33 bits per heavy atom. The highest BCUT2D eigenvalue weighted by atomic mass is 32.2. The number of carboxylic acids is 1. The lowest BCUT2D eigenvalue weighted by Crippen LogP contribution is -2.43. The lowest BCUT2D eigenvalue weighted by atomic mass is 9.98. The number of carbonyl (C=O) groups excluding carboxylic acids is 1. The summed E-state index contributed by atoms with van der Waals surface area (Å²) in [6, 6.07) is 8.29. The standard InChI is InChI=1S/C16H21NO3S/c1-12-4-6-13(7-5-12)10-21-11-15(18)17-8-2-3-14(9-17)16(19)20/h4-7,14H,2-3,8-11H2,1H3,(H,19,20). The van der Waals surface area contributed by atoms with Crippen LogP contribution in [0.15, 0.2) is 24.3 Å². The van der Waals surface area contributed by atoms with Crippen molar-refractivity contribution >= 4 is 23.6 Å². The van der Waals surface area contributed by atoms with Gasteiger partial charge in [-0.15, -0.1) is 11.8 Å². The number of hydrogen-bond acceptors (Lipinski definition) is 3. The summed E-state index contributed by atoms with van der Waals surface area (Å²) in [4.78, 5) is 24.8. The van der Waals surface area contributed by atoms with E-state index >= 15 is 0 Å². The van der Waals surface area contributed by atoms with Crippen LogP contribution in [0.4, 0.5) is 0 Å². The molecule has 1 saturated heterocycles. The molecule has 1 heterocycles. The third kappa shape index (κ3) is 4.77. The minimum absolute atomic E-state index is 0.0538. The largest absolute Gasteiger partial charge is 0.481 e. The van der Waals surface area contributed by atoms with E-state index in [0.29, 0.717) is 25.3 Å². The number of benzene rings is 1. The molecule has 1 fully saturated rings. The number of likely N-dealkylation sites (tertiary alicyclic amines) is 1. The van der Waals surface area contributed by atoms with Gasteiger partial charge in [0.25, 0.3) is 0 Å². The molecule has 0 radical (unpaired) electrons. The van der Waals surface area contributed by atoms with E-state index in [0.717, 1.165) is 12.2 Å². The molecule has 0 bridgehead atoms. The summed E-state index contributed by atoms with van der Waals surface area (Å²) in [6.45, 7) is 3.10. The number of piperidine rings is 1. The van der Waals surface area contributed by atoms with Crippen LogP contribution in [0.5, 0.6) is 0 Å². The Kier molecular flexibility index (Phi) is 5.67. The Balaban J connectivity index is 1.76. The van der Waals surface area contributed by atoms with Crippen LogP contribution in [0.3, 0.4) is 0 Å². The second-order valence-corrected chi connectivity index (χ2v) is 6.48. The highest BCUT2D eigenvalue weighted by Gasteiger charge is 2.27. The average Bonchev–Trinajstić information content (AvgIpc) is 2.49. The summed E-state index contributed by atoms with van der Waals surface area (Å²) in [5.74, 6) is 0.0882. The molecule has 114 valence electrons. The van der Waals surface area contributed by atoms with E-state index in [-0.39, 0.29) is 5.91 Å². The van der Waals surface area contributed by atoms with Crippen LogP contribution in [0.25, 0.3) is 0 Å². The molecule has 0 aliphatic carbocycles. The monoisotopic (exact) mass is 307 g/mol. The molecule has 1 amide bonds. The number of carbonyl (C=O) groups is 2. The Labute approximate surface area is 129 Å². The van der Waals surface area contributed by atoms with Gasteiger partial charge in [0.15, 0.2) is 0 Å². The molecular weight excluding hydrogens is 286 g/mol. The van der Waals surface area contributed by atoms with Crippen molar-refractivity contribution in [3.63, 3.8) is 0 Å². The molecular formula is C16H21NO3S. The summed E-state index contributed by atoms with van der Waals surface area (Å²) in [5.41, 5.74) is 2.44. The highest BCUT2D eigenvalue weighted by molar-refractivity contribution is 7.99. The fourth-order valence-electron chi connectivity index (χ4n) is 2.44. The van der Waals surface area contributed by atoms with E-state index in [1.54, 1.807) is 16.7 Å². The minimum Gasteiger partial charge on any atom is -0.481 e. The topological polar surface area (TPSA) is 57.6 Å². The van der Waals surface area contributed by atoms with Gasteiger partial charge in [-0.1, -0.05) is 29.8 Å². The molecule has 1 aromatic carbocycles. The number of aryl methyl sites for hydroxylation is 1. The maximum atomic E-state index is 12.1. The van der Waals surface area contributed by atoms with Gasteiger partial charge in [0.05, 0.1) is 11.7 Å². The SMILES string of the molecule is Cc1ccc(CSCC(=O)N2CCCC(C(=O)O)C2)cc1. The minimum atomic E-state index is -0.792. The van der Waals surface area contributed by atoms with Gasteiger partial charge in [-0.2, -0.15) is 0 Å². The van der Waals surface area contributed by atoms with Gasteiger partial charge in [0.2, 0.25) is 5.91 Å². The predicted molar refractivity (Wildman–Crippen MR) is 84.3 cm³/mol. The number of amides is 1. The summed E-state index contributed by atoms with van der Waals surface area (Å²) in [5, 5.41) is 9.04. The average molecular weight is 307 g/mol. The first-order valence-electron chi connectivity index (χ1n) is 7.20. The van der Waals surface area contributed by atoms with E-state index in [4.69, 9.17) is 5.11 Å². The number of thioether (sulfide) groups is 1. The molecule has 21 heavy (non-hydrogen) atoms. The maximum Gasteiger partial charge on any atom is 0.308 e. The van der Waals surface area contributed by atoms with Crippen molar-refractivity contribution < 1.29 is 14.7 Å². The quantitative estimate of drug-likeness (QED) is 0.908. The molecule has 0 spiro atoms. The normalized spacial score (nSPS) is 18.5. The van der Waals surface area contributed by atoms with Crippen molar-refractivity contribution in [2.75, 3.05) is 18.8 Å². The van der Waals surface area contributed by atoms with Crippen molar-refractivity contribution in [1.82, 2.24) is 4.90 Å². The van der Waals surface area contributed by atoms with Gasteiger partial charge in [-0.3, -0.25) is 9.59 Å². The molecule has 1 aliphatic rings. The number of nitrogens with zero attached hydrogens (tertiary/aromatic N) is 1. The second kappa shape index (κ2) is 7.50. The molecule has 0 saturated carbocycles. The summed E-state index contributed by atoms with van der Waals surface area (Å²) in [7, 11) is 0. The number of carboxylic acid groups (broad SMARTS) is 1. The number of hydrogen-bond donors (Lipinski definition) is 1. The lowest BCUT2D eigenvalue weighted by molar-refractivity contribution is -0.145. The van der Waals surface area contributed by atoms with Gasteiger partial charge in [-0.25, -0.2) is 0 Å². The van der Waals surface area contributed by atoms with Crippen molar-refractivity contribution in [2.45, 2.75) is 25.5 Å². The van der Waals surface area contributed by atoms with Gasteiger partial charge in [0.1, 0.15) is 0 Å². The third-order valence-corrected chi connectivity index (χ3v) is 4.73. The molecule has 1 atom stereocenters. The zero-order valence-electron chi connectivity index (χ0n) is 12.2. The van der Waals surface area contributed by atoms with Crippen LogP contribution in [0, 0.1) is 12.8 Å². The Morgan fingerprint density at radius 3 is 2.71 bits per heavy atom. The van der Waals surface area contributed by atoms with Crippen molar-refractivity contribution in [3.8, 4) is 0 Å². The van der Waals surface area contributed by atoms with E-state index in [1.807, 2.05) is 0 Å². The third-order valence-electron chi connectivity index (χ3n) is 3.74. The fraction of sp³-hybridized carbons (Fsp3) is 0.500. The van der Waals surface area contributed by atoms with Crippen molar-refractivity contribution in [3.05, 3.63) is 35.4 Å². The first-order valence-corrected chi connectivity index (χ1v) is 8.35. The molecule has 1 N–H and O–H groups in total. The van der Waals surface area contributed by atoms with Crippen LogP contribution in [0.1, 0.15) is 24.0 Å². The Hall–Kier alpha value is -1.49.